The molecule has 122 valence electrons. The maximum atomic E-state index is 13.7. The molecule has 2 aromatic rings. The van der Waals surface area contributed by atoms with Crippen molar-refractivity contribution in [3.8, 4) is 5.75 Å². The van der Waals surface area contributed by atoms with Crippen molar-refractivity contribution in [3.63, 3.8) is 0 Å². The lowest BCUT2D eigenvalue weighted by Crippen LogP contribution is -2.07. The molecule has 0 atom stereocenters. The number of nitrogens with zero attached hydrogens (tertiary/aromatic N) is 2. The van der Waals surface area contributed by atoms with Crippen LogP contribution in [0.1, 0.15) is 5.69 Å². The highest BCUT2D eigenvalue weighted by Crippen LogP contribution is 2.25. The van der Waals surface area contributed by atoms with Crippen molar-refractivity contribution >= 4 is 11.4 Å². The van der Waals surface area contributed by atoms with Crippen molar-refractivity contribution in [2.75, 3.05) is 5.32 Å². The molecular formula is C13H9F4N3O3. The second kappa shape index (κ2) is 6.90. The number of nitro groups is 1. The number of non-ortho nitro benzene ring substituents is 1. The summed E-state index contributed by atoms with van der Waals surface area (Å²) in [6.45, 7) is -3.11. The van der Waals surface area contributed by atoms with Crippen molar-refractivity contribution in [2.45, 2.75) is 13.2 Å². The molecule has 2 rings (SSSR count). The van der Waals surface area contributed by atoms with E-state index >= 15 is 0 Å². The van der Waals surface area contributed by atoms with Gasteiger partial charge in [0.15, 0.2) is 11.6 Å². The summed E-state index contributed by atoms with van der Waals surface area (Å²) in [5.74, 6) is -2.42. The van der Waals surface area contributed by atoms with Gasteiger partial charge >= 0.3 is 6.61 Å². The minimum Gasteiger partial charge on any atom is -0.433 e. The lowest BCUT2D eigenvalue weighted by Gasteiger charge is -2.09. The molecule has 0 aliphatic heterocycles. The number of benzene rings is 1. The van der Waals surface area contributed by atoms with E-state index in [0.717, 1.165) is 6.20 Å². The first-order chi connectivity index (χ1) is 10.9. The molecule has 10 heteroatoms. The smallest absolute Gasteiger partial charge is 0.387 e. The predicted octanol–water partition coefficient (Wildman–Crippen LogP) is 3.48. The van der Waals surface area contributed by atoms with Crippen LogP contribution in [0.15, 0.2) is 30.5 Å². The third kappa shape index (κ3) is 4.28. The molecule has 0 bridgehead atoms. The van der Waals surface area contributed by atoms with E-state index in [0.29, 0.717) is 17.8 Å². The zero-order valence-electron chi connectivity index (χ0n) is 11.3. The topological polar surface area (TPSA) is 77.3 Å². The first-order valence-electron chi connectivity index (χ1n) is 6.14. The average molecular weight is 331 g/mol. The average Bonchev–Trinajstić information content (AvgIpc) is 2.47. The number of anilines is 1. The van der Waals surface area contributed by atoms with Crippen LogP contribution in [0.2, 0.25) is 0 Å². The van der Waals surface area contributed by atoms with E-state index in [1.54, 1.807) is 0 Å². The van der Waals surface area contributed by atoms with E-state index in [1.165, 1.54) is 12.1 Å². The maximum Gasteiger partial charge on any atom is 0.387 e. The van der Waals surface area contributed by atoms with E-state index < -0.39 is 34.5 Å². The fraction of sp³-hybridized carbons (Fsp3) is 0.154. The van der Waals surface area contributed by atoms with E-state index in [2.05, 4.69) is 15.0 Å². The third-order valence-corrected chi connectivity index (χ3v) is 2.71. The second-order valence-corrected chi connectivity index (χ2v) is 4.26. The molecule has 1 aromatic heterocycles. The summed E-state index contributed by atoms with van der Waals surface area (Å²) >= 11 is 0. The van der Waals surface area contributed by atoms with Crippen molar-refractivity contribution in [1.82, 2.24) is 4.98 Å². The Bertz CT molecular complexity index is 687. The molecular weight excluding hydrogens is 322 g/mol. The summed E-state index contributed by atoms with van der Waals surface area (Å²) in [7, 11) is 0. The standard InChI is InChI=1S/C13H9F4N3O3/c14-10-3-8(20(21)22)4-11(15)12(10)19-5-7-1-2-9(6-18-7)23-13(16)17/h1-4,6,13,19H,5H2. The van der Waals surface area contributed by atoms with Crippen molar-refractivity contribution < 1.29 is 27.2 Å². The Kier molecular flexibility index (Phi) is 4.94. The van der Waals surface area contributed by atoms with Crippen molar-refractivity contribution in [3.05, 3.63) is 57.9 Å². The van der Waals surface area contributed by atoms with E-state index in [9.17, 15) is 27.7 Å². The Balaban J connectivity index is 2.07. The summed E-state index contributed by atoms with van der Waals surface area (Å²) in [6.07, 6.45) is 1.03. The van der Waals surface area contributed by atoms with Crippen LogP contribution < -0.4 is 10.1 Å². The fourth-order valence-electron chi connectivity index (χ4n) is 1.70. The van der Waals surface area contributed by atoms with Gasteiger partial charge in [0.25, 0.3) is 5.69 Å². The molecule has 0 spiro atoms. The number of hydrogen-bond donors (Lipinski definition) is 1. The molecule has 0 unspecified atom stereocenters. The molecule has 0 amide bonds. The quantitative estimate of drug-likeness (QED) is 0.498. The Morgan fingerprint density at radius 1 is 1.26 bits per heavy atom. The fourth-order valence-corrected chi connectivity index (χ4v) is 1.70. The molecule has 6 nitrogen and oxygen atoms in total. The number of nitrogens with one attached hydrogen (secondary N) is 1. The van der Waals surface area contributed by atoms with Gasteiger partial charge in [-0.2, -0.15) is 8.78 Å². The van der Waals surface area contributed by atoms with Gasteiger partial charge in [0.05, 0.1) is 35.5 Å². The first kappa shape index (κ1) is 16.5. The Morgan fingerprint density at radius 2 is 1.91 bits per heavy atom. The summed E-state index contributed by atoms with van der Waals surface area (Å²) < 4.78 is 55.4. The highest BCUT2D eigenvalue weighted by Gasteiger charge is 2.17. The van der Waals surface area contributed by atoms with Crippen LogP contribution in [-0.4, -0.2) is 16.5 Å². The second-order valence-electron chi connectivity index (χ2n) is 4.26. The molecule has 23 heavy (non-hydrogen) atoms. The zero-order chi connectivity index (χ0) is 17.0. The number of pyridine rings is 1. The zero-order valence-corrected chi connectivity index (χ0v) is 11.3. The number of rotatable bonds is 6. The van der Waals surface area contributed by atoms with Gasteiger partial charge in [0.2, 0.25) is 0 Å². The minimum absolute atomic E-state index is 0.124. The monoisotopic (exact) mass is 331 g/mol. The number of alkyl halides is 2. The number of hydrogen-bond acceptors (Lipinski definition) is 5. The van der Waals surface area contributed by atoms with Crippen LogP contribution in [0.3, 0.4) is 0 Å². The maximum absolute atomic E-state index is 13.7. The summed E-state index contributed by atoms with van der Waals surface area (Å²) in [5, 5.41) is 12.9. The first-order valence-corrected chi connectivity index (χ1v) is 6.14. The predicted molar refractivity (Wildman–Crippen MR) is 71.2 cm³/mol. The SMILES string of the molecule is O=[N+]([O-])c1cc(F)c(NCc2ccc(OC(F)F)cn2)c(F)c1. The Hall–Kier alpha value is -2.91. The van der Waals surface area contributed by atoms with Gasteiger partial charge < -0.3 is 10.1 Å². The molecule has 1 N–H and O–H groups in total. The molecule has 0 aliphatic rings. The molecule has 1 aromatic carbocycles. The molecule has 0 aliphatic carbocycles. The normalized spacial score (nSPS) is 10.7. The lowest BCUT2D eigenvalue weighted by molar-refractivity contribution is -0.385. The molecule has 0 saturated carbocycles. The van der Waals surface area contributed by atoms with Gasteiger partial charge in [-0.05, 0) is 12.1 Å². The summed E-state index contributed by atoms with van der Waals surface area (Å²) in [6, 6.07) is 3.71. The van der Waals surface area contributed by atoms with Gasteiger partial charge in [-0.25, -0.2) is 8.78 Å². The van der Waals surface area contributed by atoms with Crippen molar-refractivity contribution in [1.29, 1.82) is 0 Å². The van der Waals surface area contributed by atoms with Gasteiger partial charge in [0.1, 0.15) is 11.4 Å². The Labute approximate surface area is 126 Å². The highest BCUT2D eigenvalue weighted by atomic mass is 19.3. The number of ether oxygens (including phenoxy) is 1. The minimum atomic E-state index is -2.98. The van der Waals surface area contributed by atoms with E-state index in [-0.39, 0.29) is 12.3 Å². The number of aromatic nitrogens is 1. The van der Waals surface area contributed by atoms with Crippen LogP contribution in [0.5, 0.6) is 5.75 Å². The van der Waals surface area contributed by atoms with Crippen molar-refractivity contribution in [2.24, 2.45) is 0 Å². The van der Waals surface area contributed by atoms with Gasteiger partial charge in [0, 0.05) is 0 Å². The van der Waals surface area contributed by atoms with Gasteiger partial charge in [-0.3, -0.25) is 15.1 Å². The van der Waals surface area contributed by atoms with Crippen LogP contribution in [-0.2, 0) is 6.54 Å². The molecule has 1 heterocycles. The largest absolute Gasteiger partial charge is 0.433 e. The van der Waals surface area contributed by atoms with Crippen LogP contribution in [0, 0.1) is 21.7 Å². The number of nitro benzene ring substituents is 1. The van der Waals surface area contributed by atoms with Crippen LogP contribution in [0.25, 0.3) is 0 Å². The van der Waals surface area contributed by atoms with Gasteiger partial charge in [-0.15, -0.1) is 0 Å². The summed E-state index contributed by atoms with van der Waals surface area (Å²) in [4.78, 5) is 13.3. The third-order valence-electron chi connectivity index (χ3n) is 2.71. The Morgan fingerprint density at radius 3 is 2.39 bits per heavy atom. The van der Waals surface area contributed by atoms with E-state index in [4.69, 9.17) is 0 Å². The number of halogens is 4. The van der Waals surface area contributed by atoms with Crippen LogP contribution >= 0.6 is 0 Å². The summed E-state index contributed by atoms with van der Waals surface area (Å²) in [5.41, 5.74) is -0.966. The highest BCUT2D eigenvalue weighted by molar-refractivity contribution is 5.51. The molecule has 0 saturated heterocycles. The lowest BCUT2D eigenvalue weighted by atomic mass is 10.2. The van der Waals surface area contributed by atoms with E-state index in [1.807, 2.05) is 0 Å². The van der Waals surface area contributed by atoms with Gasteiger partial charge in [-0.1, -0.05) is 0 Å². The molecule has 0 radical (unpaired) electrons. The molecule has 0 fully saturated rings. The van der Waals surface area contributed by atoms with Crippen LogP contribution in [0.4, 0.5) is 28.9 Å².